The van der Waals surface area contributed by atoms with Crippen LogP contribution in [0.25, 0.3) is 0 Å². The number of nitrogens with two attached hydrogens (primary N) is 1. The third kappa shape index (κ3) is 7.39. The molecule has 2 aromatic rings. The summed E-state index contributed by atoms with van der Waals surface area (Å²) in [5, 5.41) is 12.4. The van der Waals surface area contributed by atoms with Crippen molar-refractivity contribution in [1.29, 1.82) is 0 Å². The van der Waals surface area contributed by atoms with Gasteiger partial charge in [0.1, 0.15) is 5.41 Å². The molecule has 1 saturated heterocycles. The summed E-state index contributed by atoms with van der Waals surface area (Å²) in [6, 6.07) is 20.5. The number of likely N-dealkylation sites (tertiary alicyclic amines) is 1. The molecule has 1 amide bonds. The van der Waals surface area contributed by atoms with E-state index in [1.807, 2.05) is 43.3 Å². The molecule has 35 heavy (non-hydrogen) atoms. The lowest BCUT2D eigenvalue weighted by Crippen LogP contribution is -2.49. The van der Waals surface area contributed by atoms with Gasteiger partial charge in [0.05, 0.1) is 6.61 Å². The second kappa shape index (κ2) is 14.4. The normalized spacial score (nSPS) is 17.5. The first-order chi connectivity index (χ1) is 17.1. The highest BCUT2D eigenvalue weighted by molar-refractivity contribution is 5.91. The van der Waals surface area contributed by atoms with Crippen molar-refractivity contribution in [1.82, 2.24) is 10.2 Å². The van der Waals surface area contributed by atoms with Gasteiger partial charge < -0.3 is 21.1 Å². The molecule has 5 nitrogen and oxygen atoms in total. The fraction of sp³-hybridized carbons (Fsp3) is 0.567. The average Bonchev–Trinajstić information content (AvgIpc) is 3.35. The highest BCUT2D eigenvalue weighted by atomic mass is 16.3. The van der Waals surface area contributed by atoms with Crippen molar-refractivity contribution in [2.45, 2.75) is 69.7 Å². The summed E-state index contributed by atoms with van der Waals surface area (Å²) < 4.78 is 0. The fourth-order valence-electron chi connectivity index (χ4n) is 5.67. The maximum absolute atomic E-state index is 13.2. The van der Waals surface area contributed by atoms with Gasteiger partial charge in [-0.2, -0.15) is 0 Å². The molecule has 1 heterocycles. The van der Waals surface area contributed by atoms with Crippen LogP contribution in [0.4, 0.5) is 0 Å². The number of unbranched alkanes of at least 4 members (excludes halogenated alkanes) is 6. The molecular weight excluding hydrogens is 434 g/mol. The van der Waals surface area contributed by atoms with Crippen LogP contribution in [-0.4, -0.2) is 54.7 Å². The van der Waals surface area contributed by atoms with Crippen molar-refractivity contribution < 1.29 is 9.90 Å². The Morgan fingerprint density at radius 2 is 1.51 bits per heavy atom. The van der Waals surface area contributed by atoms with Crippen molar-refractivity contribution in [3.8, 4) is 0 Å². The number of amides is 1. The summed E-state index contributed by atoms with van der Waals surface area (Å²) in [4.78, 5) is 15.7. The first-order valence-electron chi connectivity index (χ1n) is 13.6. The standard InChI is InChI=1S/C30H45N3O2/c1-25(24-34)32-20-13-5-3-2-4-6-14-21-33-22-19-28(23-33)30(29(31)35,26-15-9-7-10-16-26)27-17-11-8-12-18-27/h7-12,15-18,25,28,32,34H,2-6,13-14,19-24H2,1H3,(H2,31,35). The minimum Gasteiger partial charge on any atom is -0.395 e. The van der Waals surface area contributed by atoms with Crippen molar-refractivity contribution >= 4 is 5.91 Å². The van der Waals surface area contributed by atoms with Gasteiger partial charge in [-0.25, -0.2) is 0 Å². The maximum Gasteiger partial charge on any atom is 0.232 e. The van der Waals surface area contributed by atoms with E-state index in [4.69, 9.17) is 10.8 Å². The van der Waals surface area contributed by atoms with Crippen LogP contribution in [0.2, 0.25) is 0 Å². The van der Waals surface area contributed by atoms with Gasteiger partial charge in [-0.15, -0.1) is 0 Å². The van der Waals surface area contributed by atoms with Gasteiger partial charge in [0, 0.05) is 12.6 Å². The molecule has 2 unspecified atom stereocenters. The number of carbonyl (C=O) groups is 1. The number of nitrogens with one attached hydrogen (secondary N) is 1. The van der Waals surface area contributed by atoms with E-state index in [1.165, 1.54) is 44.9 Å². The molecule has 0 spiro atoms. The van der Waals surface area contributed by atoms with Crippen LogP contribution in [0.1, 0.15) is 69.4 Å². The minimum atomic E-state index is -0.791. The molecule has 0 aliphatic carbocycles. The Morgan fingerprint density at radius 3 is 2.06 bits per heavy atom. The molecule has 1 fully saturated rings. The van der Waals surface area contributed by atoms with Gasteiger partial charge >= 0.3 is 0 Å². The van der Waals surface area contributed by atoms with Gasteiger partial charge in [0.2, 0.25) is 5.91 Å². The summed E-state index contributed by atoms with van der Waals surface area (Å²) in [5.74, 6) is -0.0743. The maximum atomic E-state index is 13.2. The summed E-state index contributed by atoms with van der Waals surface area (Å²) >= 11 is 0. The van der Waals surface area contributed by atoms with Gasteiger partial charge in [-0.05, 0) is 62.9 Å². The van der Waals surface area contributed by atoms with Gasteiger partial charge in [-0.3, -0.25) is 4.79 Å². The molecule has 2 atom stereocenters. The van der Waals surface area contributed by atoms with E-state index >= 15 is 0 Å². The largest absolute Gasteiger partial charge is 0.395 e. The molecule has 0 saturated carbocycles. The van der Waals surface area contributed by atoms with Crippen LogP contribution in [0.15, 0.2) is 60.7 Å². The second-order valence-corrected chi connectivity index (χ2v) is 10.2. The lowest BCUT2D eigenvalue weighted by molar-refractivity contribution is -0.123. The summed E-state index contributed by atoms with van der Waals surface area (Å²) in [6.45, 7) is 6.25. The Balaban J connectivity index is 1.47. The Morgan fingerprint density at radius 1 is 0.971 bits per heavy atom. The van der Waals surface area contributed by atoms with Crippen molar-refractivity contribution in [3.63, 3.8) is 0 Å². The first-order valence-corrected chi connectivity index (χ1v) is 13.6. The number of benzene rings is 2. The second-order valence-electron chi connectivity index (χ2n) is 10.2. The Kier molecular flexibility index (Phi) is 11.2. The molecule has 0 radical (unpaired) electrons. The fourth-order valence-corrected chi connectivity index (χ4v) is 5.67. The number of carbonyl (C=O) groups excluding carboxylic acids is 1. The average molecular weight is 480 g/mol. The van der Waals surface area contributed by atoms with Crippen LogP contribution in [0.5, 0.6) is 0 Å². The molecule has 2 aromatic carbocycles. The van der Waals surface area contributed by atoms with Crippen molar-refractivity contribution in [2.75, 3.05) is 32.8 Å². The molecule has 192 valence electrons. The zero-order valence-corrected chi connectivity index (χ0v) is 21.5. The van der Waals surface area contributed by atoms with Crippen molar-refractivity contribution in [2.24, 2.45) is 11.7 Å². The van der Waals surface area contributed by atoms with E-state index in [1.54, 1.807) is 0 Å². The third-order valence-electron chi connectivity index (χ3n) is 7.65. The minimum absolute atomic E-state index is 0.173. The van der Waals surface area contributed by atoms with Gasteiger partial charge in [0.25, 0.3) is 0 Å². The van der Waals surface area contributed by atoms with Crippen molar-refractivity contribution in [3.05, 3.63) is 71.8 Å². The van der Waals surface area contributed by atoms with E-state index in [0.717, 1.165) is 43.7 Å². The third-order valence-corrected chi connectivity index (χ3v) is 7.65. The number of nitrogens with zero attached hydrogens (tertiary/aromatic N) is 1. The highest BCUT2D eigenvalue weighted by Crippen LogP contribution is 2.43. The van der Waals surface area contributed by atoms with Crippen LogP contribution in [0.3, 0.4) is 0 Å². The molecule has 5 heteroatoms. The molecule has 4 N–H and O–H groups in total. The number of primary amides is 1. The van der Waals surface area contributed by atoms with E-state index < -0.39 is 5.41 Å². The molecule has 0 bridgehead atoms. The molecular formula is C30H45N3O2. The number of rotatable bonds is 16. The molecule has 1 aliphatic rings. The van der Waals surface area contributed by atoms with E-state index in [2.05, 4.69) is 34.5 Å². The molecule has 3 rings (SSSR count). The zero-order valence-electron chi connectivity index (χ0n) is 21.5. The quantitative estimate of drug-likeness (QED) is 0.310. The number of aliphatic hydroxyl groups is 1. The first kappa shape index (κ1) is 27.4. The smallest absolute Gasteiger partial charge is 0.232 e. The van der Waals surface area contributed by atoms with Crippen LogP contribution >= 0.6 is 0 Å². The number of hydrogen-bond donors (Lipinski definition) is 3. The summed E-state index contributed by atoms with van der Waals surface area (Å²) in [5.41, 5.74) is 7.43. The zero-order chi connectivity index (χ0) is 24.9. The van der Waals surface area contributed by atoms with Crippen LogP contribution in [0, 0.1) is 5.92 Å². The van der Waals surface area contributed by atoms with Crippen LogP contribution in [-0.2, 0) is 10.2 Å². The topological polar surface area (TPSA) is 78.6 Å². The number of aliphatic hydroxyl groups excluding tert-OH is 1. The summed E-state index contributed by atoms with van der Waals surface area (Å²) in [6.07, 6.45) is 9.77. The molecule has 0 aromatic heterocycles. The van der Waals surface area contributed by atoms with Gasteiger partial charge in [0.15, 0.2) is 0 Å². The Bertz CT molecular complexity index is 819. The van der Waals surface area contributed by atoms with Crippen LogP contribution < -0.4 is 11.1 Å². The predicted octanol–water partition coefficient (Wildman–Crippen LogP) is 4.48. The monoisotopic (exact) mass is 479 g/mol. The van der Waals surface area contributed by atoms with Gasteiger partial charge in [-0.1, -0.05) is 92.8 Å². The van der Waals surface area contributed by atoms with E-state index in [-0.39, 0.29) is 24.5 Å². The highest BCUT2D eigenvalue weighted by Gasteiger charge is 2.49. The molecule has 1 aliphatic heterocycles. The lowest BCUT2D eigenvalue weighted by Gasteiger charge is -2.37. The van der Waals surface area contributed by atoms with E-state index in [9.17, 15) is 4.79 Å². The van der Waals surface area contributed by atoms with E-state index in [0.29, 0.717) is 0 Å². The lowest BCUT2D eigenvalue weighted by atomic mass is 9.64. The Hall–Kier alpha value is -2.21. The number of hydrogen-bond acceptors (Lipinski definition) is 4. The Labute approximate surface area is 212 Å². The summed E-state index contributed by atoms with van der Waals surface area (Å²) in [7, 11) is 0. The predicted molar refractivity (Wildman–Crippen MR) is 144 cm³/mol. The SMILES string of the molecule is CC(CO)NCCCCCCCCCN1CCC(C(C(N)=O)(c2ccccc2)c2ccccc2)C1.